The molecule has 0 spiro atoms. The number of benzene rings is 1. The van der Waals surface area contributed by atoms with Gasteiger partial charge in [0.2, 0.25) is 0 Å². The molecule has 0 aromatic heterocycles. The zero-order chi connectivity index (χ0) is 16.7. The Kier molecular flexibility index (Phi) is 6.72. The van der Waals surface area contributed by atoms with Crippen molar-refractivity contribution in [3.05, 3.63) is 29.8 Å². The lowest BCUT2D eigenvalue weighted by Crippen LogP contribution is -2.45. The molecule has 0 saturated carbocycles. The zero-order valence-electron chi connectivity index (χ0n) is 13.5. The van der Waals surface area contributed by atoms with E-state index in [-0.39, 0.29) is 11.8 Å². The van der Waals surface area contributed by atoms with Crippen LogP contribution in [-0.2, 0) is 0 Å². The molecule has 1 atom stereocenters. The minimum atomic E-state index is -4.64. The van der Waals surface area contributed by atoms with Crippen LogP contribution in [0.5, 0.6) is 5.75 Å². The molecule has 1 saturated heterocycles. The third-order valence-corrected chi connectivity index (χ3v) is 4.17. The first-order valence-electron chi connectivity index (χ1n) is 8.30. The Morgan fingerprint density at radius 1 is 1.13 bits per heavy atom. The molecule has 0 radical (unpaired) electrons. The van der Waals surface area contributed by atoms with Crippen LogP contribution in [0.25, 0.3) is 0 Å². The minimum absolute atomic E-state index is 0.158. The lowest BCUT2D eigenvalue weighted by Gasteiger charge is -2.35. The Bertz CT molecular complexity index is 456. The van der Waals surface area contributed by atoms with Crippen molar-refractivity contribution in [1.29, 1.82) is 0 Å². The summed E-state index contributed by atoms with van der Waals surface area (Å²) >= 11 is 0. The summed E-state index contributed by atoms with van der Waals surface area (Å²) in [5, 5.41) is 3.34. The van der Waals surface area contributed by atoms with E-state index in [4.69, 9.17) is 0 Å². The predicted octanol–water partition coefficient (Wildman–Crippen LogP) is 4.11. The molecule has 1 fully saturated rings. The SMILES string of the molecule is CCCCC[C@@H](c1ccc(OC(F)(F)F)cc1)N1CCNCC1. The van der Waals surface area contributed by atoms with Crippen molar-refractivity contribution in [3.8, 4) is 5.75 Å². The number of hydrogen-bond acceptors (Lipinski definition) is 3. The van der Waals surface area contributed by atoms with Crippen LogP contribution in [0, 0.1) is 0 Å². The Labute approximate surface area is 135 Å². The molecule has 0 bridgehead atoms. The quantitative estimate of drug-likeness (QED) is 0.762. The Balaban J connectivity index is 2.07. The van der Waals surface area contributed by atoms with Crippen LogP contribution >= 0.6 is 0 Å². The zero-order valence-corrected chi connectivity index (χ0v) is 13.5. The second-order valence-electron chi connectivity index (χ2n) is 5.91. The van der Waals surface area contributed by atoms with Gasteiger partial charge in [-0.15, -0.1) is 13.2 Å². The third-order valence-electron chi connectivity index (χ3n) is 4.17. The number of nitrogens with one attached hydrogen (secondary N) is 1. The standard InChI is InChI=1S/C17H25F3N2O/c1-2-3-4-5-16(22-12-10-21-11-13-22)14-6-8-15(9-7-14)23-17(18,19)20/h6-9,16,21H,2-5,10-13H2,1H3/t16-/m0/s1. The van der Waals surface area contributed by atoms with Crippen molar-refractivity contribution in [2.75, 3.05) is 26.2 Å². The van der Waals surface area contributed by atoms with Gasteiger partial charge < -0.3 is 10.1 Å². The second-order valence-corrected chi connectivity index (χ2v) is 5.91. The molecule has 3 nitrogen and oxygen atoms in total. The number of halogens is 3. The molecule has 0 unspecified atom stereocenters. The van der Waals surface area contributed by atoms with Crippen LogP contribution in [0.4, 0.5) is 13.2 Å². The van der Waals surface area contributed by atoms with Gasteiger partial charge in [-0.3, -0.25) is 4.90 Å². The van der Waals surface area contributed by atoms with Crippen molar-refractivity contribution in [2.24, 2.45) is 0 Å². The molecular formula is C17H25F3N2O. The number of ether oxygens (including phenoxy) is 1. The monoisotopic (exact) mass is 330 g/mol. The smallest absolute Gasteiger partial charge is 0.406 e. The summed E-state index contributed by atoms with van der Waals surface area (Å²) in [7, 11) is 0. The van der Waals surface area contributed by atoms with Gasteiger partial charge in [-0.05, 0) is 24.1 Å². The fourth-order valence-electron chi connectivity index (χ4n) is 3.03. The highest BCUT2D eigenvalue weighted by Crippen LogP contribution is 2.30. The van der Waals surface area contributed by atoms with E-state index in [0.29, 0.717) is 0 Å². The maximum absolute atomic E-state index is 12.3. The maximum Gasteiger partial charge on any atom is 0.573 e. The van der Waals surface area contributed by atoms with Crippen LogP contribution < -0.4 is 10.1 Å². The van der Waals surface area contributed by atoms with Gasteiger partial charge in [0.25, 0.3) is 0 Å². The largest absolute Gasteiger partial charge is 0.573 e. The van der Waals surface area contributed by atoms with Crippen LogP contribution in [0.3, 0.4) is 0 Å². The molecule has 1 N–H and O–H groups in total. The summed E-state index contributed by atoms with van der Waals surface area (Å²) in [5.74, 6) is -0.158. The van der Waals surface area contributed by atoms with Gasteiger partial charge in [-0.1, -0.05) is 38.3 Å². The molecule has 2 rings (SSSR count). The van der Waals surface area contributed by atoms with Gasteiger partial charge in [-0.2, -0.15) is 0 Å². The Morgan fingerprint density at radius 2 is 1.78 bits per heavy atom. The summed E-state index contributed by atoms with van der Waals surface area (Å²) in [6, 6.07) is 6.62. The van der Waals surface area contributed by atoms with Crippen molar-refractivity contribution in [1.82, 2.24) is 10.2 Å². The molecule has 6 heteroatoms. The fourth-order valence-corrected chi connectivity index (χ4v) is 3.03. The van der Waals surface area contributed by atoms with Gasteiger partial charge in [0.15, 0.2) is 0 Å². The van der Waals surface area contributed by atoms with Gasteiger partial charge in [0.05, 0.1) is 0 Å². The highest BCUT2D eigenvalue weighted by molar-refractivity contribution is 5.29. The lowest BCUT2D eigenvalue weighted by atomic mass is 9.98. The lowest BCUT2D eigenvalue weighted by molar-refractivity contribution is -0.274. The first kappa shape index (κ1) is 18.1. The van der Waals surface area contributed by atoms with Crippen molar-refractivity contribution in [3.63, 3.8) is 0 Å². The maximum atomic E-state index is 12.3. The summed E-state index contributed by atoms with van der Waals surface area (Å²) < 4.78 is 40.7. The Hall–Kier alpha value is -1.27. The van der Waals surface area contributed by atoms with Crippen molar-refractivity contribution < 1.29 is 17.9 Å². The highest BCUT2D eigenvalue weighted by Gasteiger charge is 2.31. The number of piperazine rings is 1. The van der Waals surface area contributed by atoms with E-state index < -0.39 is 6.36 Å². The second kappa shape index (κ2) is 8.55. The molecule has 1 aromatic carbocycles. The highest BCUT2D eigenvalue weighted by atomic mass is 19.4. The molecule has 0 aliphatic carbocycles. The average molecular weight is 330 g/mol. The molecule has 1 aliphatic rings. The molecule has 130 valence electrons. The van der Waals surface area contributed by atoms with Gasteiger partial charge >= 0.3 is 6.36 Å². The third kappa shape index (κ3) is 6.03. The van der Waals surface area contributed by atoms with Crippen molar-refractivity contribution in [2.45, 2.75) is 45.0 Å². The molecule has 1 aromatic rings. The topological polar surface area (TPSA) is 24.5 Å². The van der Waals surface area contributed by atoms with E-state index in [1.54, 1.807) is 12.1 Å². The van der Waals surface area contributed by atoms with Crippen LogP contribution in [0.15, 0.2) is 24.3 Å². The molecule has 23 heavy (non-hydrogen) atoms. The minimum Gasteiger partial charge on any atom is -0.406 e. The number of nitrogens with zero attached hydrogens (tertiary/aromatic N) is 1. The predicted molar refractivity (Wildman–Crippen MR) is 84.5 cm³/mol. The van der Waals surface area contributed by atoms with E-state index in [1.807, 2.05) is 0 Å². The first-order chi connectivity index (χ1) is 11.0. The van der Waals surface area contributed by atoms with Crippen molar-refractivity contribution >= 4 is 0 Å². The molecular weight excluding hydrogens is 305 g/mol. The normalized spacial score (nSPS) is 17.9. The molecule has 1 heterocycles. The number of hydrogen-bond donors (Lipinski definition) is 1. The van der Waals surface area contributed by atoms with E-state index in [9.17, 15) is 13.2 Å². The fraction of sp³-hybridized carbons (Fsp3) is 0.647. The van der Waals surface area contributed by atoms with Crippen LogP contribution in [-0.4, -0.2) is 37.4 Å². The molecule has 1 aliphatic heterocycles. The van der Waals surface area contributed by atoms with E-state index >= 15 is 0 Å². The van der Waals surface area contributed by atoms with Gasteiger partial charge in [0.1, 0.15) is 5.75 Å². The number of rotatable bonds is 7. The summed E-state index contributed by atoms with van der Waals surface area (Å²) in [6.07, 6.45) is -0.135. The summed E-state index contributed by atoms with van der Waals surface area (Å²) in [4.78, 5) is 2.42. The summed E-state index contributed by atoms with van der Waals surface area (Å²) in [6.45, 7) is 6.03. The van der Waals surface area contributed by atoms with Crippen LogP contribution in [0.1, 0.15) is 44.2 Å². The number of unbranched alkanes of at least 4 members (excludes halogenated alkanes) is 2. The van der Waals surface area contributed by atoms with E-state index in [1.165, 1.54) is 18.6 Å². The average Bonchev–Trinajstić information content (AvgIpc) is 2.52. The van der Waals surface area contributed by atoms with Crippen LogP contribution in [0.2, 0.25) is 0 Å². The van der Waals surface area contributed by atoms with E-state index in [0.717, 1.165) is 51.0 Å². The van der Waals surface area contributed by atoms with E-state index in [2.05, 4.69) is 21.9 Å². The molecule has 0 amide bonds. The van der Waals surface area contributed by atoms with Gasteiger partial charge in [-0.25, -0.2) is 0 Å². The number of alkyl halides is 3. The first-order valence-corrected chi connectivity index (χ1v) is 8.30. The Morgan fingerprint density at radius 3 is 2.35 bits per heavy atom. The summed E-state index contributed by atoms with van der Waals surface area (Å²) in [5.41, 5.74) is 1.07. The van der Waals surface area contributed by atoms with Gasteiger partial charge in [0, 0.05) is 32.2 Å².